The Morgan fingerprint density at radius 2 is 2.13 bits per heavy atom. The molecule has 2 rings (SSSR count). The fourth-order valence-electron chi connectivity index (χ4n) is 1.75. The number of amides is 1. The summed E-state index contributed by atoms with van der Waals surface area (Å²) in [4.78, 5) is 11.6. The van der Waals surface area contributed by atoms with E-state index in [0.29, 0.717) is 0 Å². The molecular weight excluding hydrogens is 188 g/mol. The van der Waals surface area contributed by atoms with Gasteiger partial charge in [-0.05, 0) is 30.9 Å². The number of hydrogen-bond acceptors (Lipinski definition) is 2. The van der Waals surface area contributed by atoms with Gasteiger partial charge < -0.3 is 11.1 Å². The molecule has 3 heteroatoms. The van der Waals surface area contributed by atoms with Gasteiger partial charge >= 0.3 is 0 Å². The zero-order valence-electron chi connectivity index (χ0n) is 8.92. The molecule has 0 radical (unpaired) electrons. The van der Waals surface area contributed by atoms with Crippen LogP contribution in [-0.4, -0.2) is 18.5 Å². The van der Waals surface area contributed by atoms with Gasteiger partial charge in [-0.1, -0.05) is 18.2 Å². The fourth-order valence-corrected chi connectivity index (χ4v) is 1.75. The minimum atomic E-state index is -0.0515. The van der Waals surface area contributed by atoms with Crippen LogP contribution in [0.15, 0.2) is 24.3 Å². The Morgan fingerprint density at radius 3 is 2.73 bits per heavy atom. The third kappa shape index (κ3) is 2.18. The Labute approximate surface area is 89.7 Å². The van der Waals surface area contributed by atoms with E-state index >= 15 is 0 Å². The summed E-state index contributed by atoms with van der Waals surface area (Å²) < 4.78 is 0. The van der Waals surface area contributed by atoms with E-state index < -0.39 is 0 Å². The summed E-state index contributed by atoms with van der Waals surface area (Å²) in [5, 5.41) is 2.65. The lowest BCUT2D eigenvalue weighted by Gasteiger charge is -2.12. The molecule has 0 unspecified atom stereocenters. The van der Waals surface area contributed by atoms with Crippen LogP contribution in [0.1, 0.15) is 28.8 Å². The van der Waals surface area contributed by atoms with E-state index in [4.69, 9.17) is 5.73 Å². The molecule has 0 bridgehead atoms. The monoisotopic (exact) mass is 204 g/mol. The van der Waals surface area contributed by atoms with Crippen molar-refractivity contribution in [1.29, 1.82) is 0 Å². The molecule has 1 aliphatic rings. The van der Waals surface area contributed by atoms with Crippen molar-refractivity contribution >= 4 is 5.91 Å². The van der Waals surface area contributed by atoms with Crippen LogP contribution < -0.4 is 11.1 Å². The summed E-state index contributed by atoms with van der Waals surface area (Å²) in [6.45, 7) is 0. The van der Waals surface area contributed by atoms with Gasteiger partial charge in [0.05, 0.1) is 0 Å². The summed E-state index contributed by atoms with van der Waals surface area (Å²) in [6.07, 6.45) is 2.93. The van der Waals surface area contributed by atoms with Crippen molar-refractivity contribution in [2.45, 2.75) is 24.8 Å². The highest BCUT2D eigenvalue weighted by Gasteiger charge is 2.38. The van der Waals surface area contributed by atoms with E-state index in [0.717, 1.165) is 30.4 Å². The van der Waals surface area contributed by atoms with Crippen molar-refractivity contribution in [3.05, 3.63) is 35.4 Å². The Morgan fingerprint density at radius 1 is 1.47 bits per heavy atom. The van der Waals surface area contributed by atoms with Gasteiger partial charge in [0.15, 0.2) is 0 Å². The number of benzene rings is 1. The predicted molar refractivity (Wildman–Crippen MR) is 59.7 cm³/mol. The quantitative estimate of drug-likeness (QED) is 0.774. The lowest BCUT2D eigenvalue weighted by Crippen LogP contribution is -2.27. The van der Waals surface area contributed by atoms with E-state index in [1.807, 2.05) is 24.3 Å². The molecule has 1 fully saturated rings. The van der Waals surface area contributed by atoms with Crippen molar-refractivity contribution in [3.8, 4) is 0 Å². The van der Waals surface area contributed by atoms with Crippen LogP contribution in [0, 0.1) is 0 Å². The first kappa shape index (κ1) is 10.2. The summed E-state index contributed by atoms with van der Waals surface area (Å²) >= 11 is 0. The molecule has 1 aromatic rings. The number of hydrogen-bond donors (Lipinski definition) is 2. The largest absolute Gasteiger partial charge is 0.355 e. The molecule has 1 amide bonds. The minimum absolute atomic E-state index is 0.0325. The minimum Gasteiger partial charge on any atom is -0.355 e. The molecule has 80 valence electrons. The first-order chi connectivity index (χ1) is 7.14. The van der Waals surface area contributed by atoms with Crippen LogP contribution in [0.4, 0.5) is 0 Å². The lowest BCUT2D eigenvalue weighted by molar-refractivity contribution is 0.0962. The second-order valence-corrected chi connectivity index (χ2v) is 4.28. The highest BCUT2D eigenvalue weighted by Crippen LogP contribution is 2.36. The van der Waals surface area contributed by atoms with Crippen molar-refractivity contribution in [2.75, 3.05) is 7.05 Å². The zero-order chi connectivity index (χ0) is 10.9. The van der Waals surface area contributed by atoms with Crippen LogP contribution >= 0.6 is 0 Å². The Kier molecular flexibility index (Phi) is 2.49. The van der Waals surface area contributed by atoms with Crippen LogP contribution in [0.2, 0.25) is 0 Å². The molecule has 1 saturated carbocycles. The van der Waals surface area contributed by atoms with Crippen molar-refractivity contribution in [2.24, 2.45) is 5.73 Å². The van der Waals surface area contributed by atoms with Gasteiger partial charge in [0, 0.05) is 18.2 Å². The van der Waals surface area contributed by atoms with Gasteiger partial charge in [0.2, 0.25) is 0 Å². The average Bonchev–Trinajstić information content (AvgIpc) is 2.96. The Hall–Kier alpha value is -1.35. The topological polar surface area (TPSA) is 55.1 Å². The molecule has 15 heavy (non-hydrogen) atoms. The number of carbonyl (C=O) groups excluding carboxylic acids is 1. The highest BCUT2D eigenvalue weighted by atomic mass is 16.1. The van der Waals surface area contributed by atoms with Crippen LogP contribution in [0.25, 0.3) is 0 Å². The summed E-state index contributed by atoms with van der Waals surface area (Å²) in [6, 6.07) is 7.66. The average molecular weight is 204 g/mol. The molecule has 0 spiro atoms. The summed E-state index contributed by atoms with van der Waals surface area (Å²) in [5.74, 6) is -0.0325. The Bertz CT molecular complexity index is 383. The summed E-state index contributed by atoms with van der Waals surface area (Å²) in [5.41, 5.74) is 7.81. The van der Waals surface area contributed by atoms with E-state index in [2.05, 4.69) is 5.32 Å². The maximum Gasteiger partial charge on any atom is 0.251 e. The van der Waals surface area contributed by atoms with Crippen molar-refractivity contribution < 1.29 is 4.79 Å². The molecule has 0 aromatic heterocycles. The first-order valence-corrected chi connectivity index (χ1v) is 5.23. The Balaban J connectivity index is 2.25. The second kappa shape index (κ2) is 3.66. The molecule has 1 aromatic carbocycles. The van der Waals surface area contributed by atoms with E-state index in [1.54, 1.807) is 7.05 Å². The van der Waals surface area contributed by atoms with Crippen LogP contribution in [-0.2, 0) is 6.42 Å². The first-order valence-electron chi connectivity index (χ1n) is 5.23. The van der Waals surface area contributed by atoms with Crippen molar-refractivity contribution in [3.63, 3.8) is 0 Å². The number of carbonyl (C=O) groups is 1. The molecule has 0 heterocycles. The predicted octanol–water partition coefficient (Wildman–Crippen LogP) is 1.08. The molecule has 0 atom stereocenters. The standard InChI is InChI=1S/C12H16N2O/c1-14-11(15)10-5-3-2-4-9(10)8-12(13)6-7-12/h2-5H,6-8,13H2,1H3,(H,14,15). The third-order valence-electron chi connectivity index (χ3n) is 2.92. The maximum atomic E-state index is 11.6. The maximum absolute atomic E-state index is 11.6. The van der Waals surface area contributed by atoms with Gasteiger partial charge in [-0.25, -0.2) is 0 Å². The van der Waals surface area contributed by atoms with Crippen molar-refractivity contribution in [1.82, 2.24) is 5.32 Å². The normalized spacial score (nSPS) is 17.2. The second-order valence-electron chi connectivity index (χ2n) is 4.28. The number of nitrogens with one attached hydrogen (secondary N) is 1. The van der Waals surface area contributed by atoms with Crippen LogP contribution in [0.3, 0.4) is 0 Å². The summed E-state index contributed by atoms with van der Waals surface area (Å²) in [7, 11) is 1.65. The molecule has 1 aliphatic carbocycles. The zero-order valence-corrected chi connectivity index (χ0v) is 8.92. The number of nitrogens with two attached hydrogens (primary N) is 1. The van der Waals surface area contributed by atoms with Gasteiger partial charge in [-0.15, -0.1) is 0 Å². The smallest absolute Gasteiger partial charge is 0.251 e. The highest BCUT2D eigenvalue weighted by molar-refractivity contribution is 5.95. The van der Waals surface area contributed by atoms with E-state index in [1.165, 1.54) is 0 Å². The molecule has 3 nitrogen and oxygen atoms in total. The van der Waals surface area contributed by atoms with E-state index in [-0.39, 0.29) is 11.4 Å². The lowest BCUT2D eigenvalue weighted by atomic mass is 9.99. The fraction of sp³-hybridized carbons (Fsp3) is 0.417. The molecular formula is C12H16N2O. The van der Waals surface area contributed by atoms with Gasteiger partial charge in [-0.2, -0.15) is 0 Å². The van der Waals surface area contributed by atoms with E-state index in [9.17, 15) is 4.79 Å². The van der Waals surface area contributed by atoms with Gasteiger partial charge in [0.25, 0.3) is 5.91 Å². The number of rotatable bonds is 3. The van der Waals surface area contributed by atoms with Gasteiger partial charge in [0.1, 0.15) is 0 Å². The molecule has 3 N–H and O–H groups in total. The van der Waals surface area contributed by atoms with Crippen LogP contribution in [0.5, 0.6) is 0 Å². The molecule has 0 aliphatic heterocycles. The molecule has 0 saturated heterocycles. The third-order valence-corrected chi connectivity index (χ3v) is 2.92. The van der Waals surface area contributed by atoms with Gasteiger partial charge in [-0.3, -0.25) is 4.79 Å². The SMILES string of the molecule is CNC(=O)c1ccccc1CC1(N)CC1.